The maximum atomic E-state index is 13.7. The molecule has 9 heteroatoms. The number of ether oxygens (including phenoxy) is 1. The highest BCUT2D eigenvalue weighted by Gasteiger charge is 2.69. The van der Waals surface area contributed by atoms with E-state index in [2.05, 4.69) is 5.32 Å². The zero-order valence-corrected chi connectivity index (χ0v) is 13.8. The van der Waals surface area contributed by atoms with Crippen LogP contribution in [0.4, 0.5) is 13.2 Å². The van der Waals surface area contributed by atoms with Gasteiger partial charge in [-0.3, -0.25) is 4.79 Å². The van der Waals surface area contributed by atoms with Crippen LogP contribution in [0.2, 0.25) is 0 Å². The fourth-order valence-electron chi connectivity index (χ4n) is 2.74. The Morgan fingerprint density at radius 2 is 2.00 bits per heavy atom. The number of carbonyl (C=O) groups is 1. The highest BCUT2D eigenvalue weighted by Crippen LogP contribution is 2.46. The van der Waals surface area contributed by atoms with Crippen LogP contribution in [0.1, 0.15) is 18.5 Å². The van der Waals surface area contributed by atoms with Crippen molar-refractivity contribution in [3.8, 4) is 0 Å². The summed E-state index contributed by atoms with van der Waals surface area (Å²) in [6, 6.07) is 6.84. The predicted molar refractivity (Wildman–Crippen MR) is 83.8 cm³/mol. The Hall–Kier alpha value is -1.87. The van der Waals surface area contributed by atoms with Gasteiger partial charge in [-0.25, -0.2) is 0 Å². The SMILES string of the molecule is CCOC(=O)[C@@H]1[C@H](c2ccccc2)NC(=S)N(C)[C@@]1(O)C(F)(F)F. The molecule has 1 aliphatic heterocycles. The van der Waals surface area contributed by atoms with Crippen LogP contribution in [0, 0.1) is 5.92 Å². The molecule has 0 bridgehead atoms. The van der Waals surface area contributed by atoms with E-state index in [4.69, 9.17) is 17.0 Å². The Labute approximate surface area is 142 Å². The maximum absolute atomic E-state index is 13.7. The number of esters is 1. The molecular weight excluding hydrogens is 345 g/mol. The normalized spacial score (nSPS) is 27.6. The van der Waals surface area contributed by atoms with Gasteiger partial charge < -0.3 is 20.1 Å². The number of hydrogen-bond acceptors (Lipinski definition) is 4. The first-order chi connectivity index (χ1) is 11.1. The summed E-state index contributed by atoms with van der Waals surface area (Å²) < 4.78 is 45.9. The number of carbonyl (C=O) groups excluding carboxylic acids is 1. The number of aliphatic hydroxyl groups is 1. The van der Waals surface area contributed by atoms with Crippen LogP contribution in [0.15, 0.2) is 30.3 Å². The van der Waals surface area contributed by atoms with Gasteiger partial charge in [0.15, 0.2) is 5.11 Å². The molecule has 1 aromatic carbocycles. The largest absolute Gasteiger partial charge is 0.466 e. The van der Waals surface area contributed by atoms with Crippen molar-refractivity contribution in [2.45, 2.75) is 24.9 Å². The molecule has 1 heterocycles. The summed E-state index contributed by atoms with van der Waals surface area (Å²) in [5.74, 6) is -3.11. The van der Waals surface area contributed by atoms with E-state index in [-0.39, 0.29) is 11.7 Å². The Kier molecular flexibility index (Phi) is 5.05. The number of nitrogens with one attached hydrogen (secondary N) is 1. The van der Waals surface area contributed by atoms with Crippen LogP contribution in [0.3, 0.4) is 0 Å². The van der Waals surface area contributed by atoms with Crippen molar-refractivity contribution in [2.24, 2.45) is 5.92 Å². The lowest BCUT2D eigenvalue weighted by molar-refractivity contribution is -0.325. The molecule has 5 nitrogen and oxygen atoms in total. The minimum Gasteiger partial charge on any atom is -0.466 e. The van der Waals surface area contributed by atoms with Crippen LogP contribution in [0.5, 0.6) is 0 Å². The summed E-state index contributed by atoms with van der Waals surface area (Å²) in [4.78, 5) is 12.8. The van der Waals surface area contributed by atoms with Crippen LogP contribution in [-0.4, -0.2) is 46.6 Å². The molecule has 0 amide bonds. The number of hydrogen-bond donors (Lipinski definition) is 2. The second-order valence-electron chi connectivity index (χ2n) is 5.35. The van der Waals surface area contributed by atoms with E-state index in [9.17, 15) is 23.1 Å². The van der Waals surface area contributed by atoms with Crippen molar-refractivity contribution in [3.63, 3.8) is 0 Å². The Bertz CT molecular complexity index is 626. The predicted octanol–water partition coefficient (Wildman–Crippen LogP) is 1.98. The van der Waals surface area contributed by atoms with Crippen LogP contribution < -0.4 is 5.32 Å². The highest BCUT2D eigenvalue weighted by atomic mass is 32.1. The molecule has 0 unspecified atom stereocenters. The van der Waals surface area contributed by atoms with E-state index in [1.807, 2.05) is 0 Å². The molecule has 1 fully saturated rings. The molecule has 0 aromatic heterocycles. The summed E-state index contributed by atoms with van der Waals surface area (Å²) in [5.41, 5.74) is -3.10. The summed E-state index contributed by atoms with van der Waals surface area (Å²) in [5, 5.41) is 12.9. The van der Waals surface area contributed by atoms with Crippen LogP contribution in [0.25, 0.3) is 0 Å². The zero-order chi connectivity index (χ0) is 18.1. The van der Waals surface area contributed by atoms with Gasteiger partial charge in [-0.2, -0.15) is 13.2 Å². The van der Waals surface area contributed by atoms with Gasteiger partial charge >= 0.3 is 12.1 Å². The number of rotatable bonds is 3. The van der Waals surface area contributed by atoms with E-state index >= 15 is 0 Å². The van der Waals surface area contributed by atoms with Crippen molar-refractivity contribution in [3.05, 3.63) is 35.9 Å². The zero-order valence-electron chi connectivity index (χ0n) is 13.0. The molecule has 0 saturated carbocycles. The van der Waals surface area contributed by atoms with Gasteiger partial charge in [-0.1, -0.05) is 30.3 Å². The van der Waals surface area contributed by atoms with Gasteiger partial charge in [0.1, 0.15) is 5.92 Å². The molecule has 1 aromatic rings. The first-order valence-corrected chi connectivity index (χ1v) is 7.60. The molecule has 2 N–H and O–H groups in total. The first-order valence-electron chi connectivity index (χ1n) is 7.19. The monoisotopic (exact) mass is 362 g/mol. The third-order valence-corrected chi connectivity index (χ3v) is 4.37. The lowest BCUT2D eigenvalue weighted by atomic mass is 9.81. The Morgan fingerprint density at radius 3 is 2.50 bits per heavy atom. The lowest BCUT2D eigenvalue weighted by Gasteiger charge is -2.50. The first kappa shape index (κ1) is 18.5. The summed E-state index contributed by atoms with van der Waals surface area (Å²) >= 11 is 4.93. The Morgan fingerprint density at radius 1 is 1.42 bits per heavy atom. The van der Waals surface area contributed by atoms with Crippen molar-refractivity contribution in [2.75, 3.05) is 13.7 Å². The summed E-state index contributed by atoms with van der Waals surface area (Å²) in [7, 11) is 0.982. The molecule has 3 atom stereocenters. The number of alkyl halides is 3. The molecule has 0 spiro atoms. The summed E-state index contributed by atoms with van der Waals surface area (Å²) in [6.45, 7) is 1.37. The van der Waals surface area contributed by atoms with Crippen LogP contribution in [-0.2, 0) is 9.53 Å². The smallest absolute Gasteiger partial charge is 0.437 e. The van der Waals surface area contributed by atoms with E-state index in [1.165, 1.54) is 6.92 Å². The summed E-state index contributed by atoms with van der Waals surface area (Å²) in [6.07, 6.45) is -5.13. The van der Waals surface area contributed by atoms with Gasteiger partial charge in [0.05, 0.1) is 12.6 Å². The molecule has 2 rings (SSSR count). The second-order valence-corrected chi connectivity index (χ2v) is 5.74. The van der Waals surface area contributed by atoms with E-state index in [0.29, 0.717) is 10.5 Å². The van der Waals surface area contributed by atoms with Gasteiger partial charge in [-0.15, -0.1) is 0 Å². The molecule has 1 aliphatic rings. The molecule has 24 heavy (non-hydrogen) atoms. The molecule has 132 valence electrons. The van der Waals surface area contributed by atoms with Crippen molar-refractivity contribution >= 4 is 23.3 Å². The standard InChI is InChI=1S/C15H17F3N2O3S/c1-3-23-12(21)10-11(9-7-5-4-6-8-9)19-13(24)20(2)14(10,22)15(16,17)18/h4-8,10-11,22H,3H2,1-2H3,(H,19,24)/t10-,11-,14-/m0/s1. The second kappa shape index (κ2) is 6.56. The van der Waals surface area contributed by atoms with E-state index in [0.717, 1.165) is 7.05 Å². The average molecular weight is 362 g/mol. The van der Waals surface area contributed by atoms with E-state index in [1.54, 1.807) is 30.3 Å². The molecule has 1 saturated heterocycles. The fraction of sp³-hybridized carbons (Fsp3) is 0.467. The van der Waals surface area contributed by atoms with Gasteiger partial charge in [0.25, 0.3) is 5.72 Å². The van der Waals surface area contributed by atoms with Gasteiger partial charge in [0.2, 0.25) is 0 Å². The minimum atomic E-state index is -5.13. The highest BCUT2D eigenvalue weighted by molar-refractivity contribution is 7.80. The number of halogens is 3. The fourth-order valence-corrected chi connectivity index (χ4v) is 3.01. The average Bonchev–Trinajstić information content (AvgIpc) is 2.52. The number of thiocarbonyl (C=S) groups is 1. The van der Waals surface area contributed by atoms with Crippen molar-refractivity contribution < 1.29 is 27.8 Å². The molecular formula is C15H17F3N2O3S. The Balaban J connectivity index is 2.61. The van der Waals surface area contributed by atoms with Gasteiger partial charge in [0, 0.05) is 7.05 Å². The van der Waals surface area contributed by atoms with Crippen molar-refractivity contribution in [1.82, 2.24) is 10.2 Å². The lowest BCUT2D eigenvalue weighted by Crippen LogP contribution is -2.73. The molecule has 0 radical (unpaired) electrons. The van der Waals surface area contributed by atoms with E-state index < -0.39 is 29.8 Å². The molecule has 0 aliphatic carbocycles. The third kappa shape index (κ3) is 2.93. The maximum Gasteiger partial charge on any atom is 0.437 e. The van der Waals surface area contributed by atoms with Crippen LogP contribution >= 0.6 is 12.2 Å². The van der Waals surface area contributed by atoms with Crippen molar-refractivity contribution in [1.29, 1.82) is 0 Å². The third-order valence-electron chi connectivity index (χ3n) is 3.98. The topological polar surface area (TPSA) is 61.8 Å². The number of nitrogens with zero attached hydrogens (tertiary/aromatic N) is 1. The minimum absolute atomic E-state index is 0.112. The number of benzene rings is 1. The quantitative estimate of drug-likeness (QED) is 0.633. The van der Waals surface area contributed by atoms with Gasteiger partial charge in [-0.05, 0) is 24.7 Å².